The SMILES string of the molecule is CC.CC1CCCO[C@@H]1C. The number of hydrogen-bond acceptors (Lipinski definition) is 1. The van der Waals surface area contributed by atoms with Crippen molar-refractivity contribution in [1.82, 2.24) is 0 Å². The standard InChI is InChI=1S/C7H14O.C2H6/c1-6-4-3-5-8-7(6)2;1-2/h6-7H,3-5H2,1-2H3;1-2H3/t6?,7-;/m1./s1. The maximum Gasteiger partial charge on any atom is 0.0572 e. The van der Waals surface area contributed by atoms with Gasteiger partial charge >= 0.3 is 0 Å². The zero-order valence-corrected chi connectivity index (χ0v) is 7.68. The molecule has 62 valence electrons. The molecule has 1 heteroatoms. The van der Waals surface area contributed by atoms with Crippen LogP contribution in [0, 0.1) is 5.92 Å². The van der Waals surface area contributed by atoms with E-state index in [4.69, 9.17) is 4.74 Å². The Labute approximate surface area is 64.8 Å². The minimum atomic E-state index is 0.503. The second-order valence-corrected chi connectivity index (χ2v) is 2.70. The predicted octanol–water partition coefficient (Wildman–Crippen LogP) is 2.85. The summed E-state index contributed by atoms with van der Waals surface area (Å²) < 4.78 is 5.39. The molecule has 1 fully saturated rings. The Kier molecular flexibility index (Phi) is 5.70. The molecule has 1 heterocycles. The van der Waals surface area contributed by atoms with Gasteiger partial charge in [0, 0.05) is 6.61 Å². The maximum atomic E-state index is 5.39. The van der Waals surface area contributed by atoms with Crippen LogP contribution < -0.4 is 0 Å². The first kappa shape index (κ1) is 9.96. The van der Waals surface area contributed by atoms with Crippen LogP contribution in [0.15, 0.2) is 0 Å². The van der Waals surface area contributed by atoms with E-state index in [0.29, 0.717) is 6.10 Å². The molecule has 0 aromatic heterocycles. The Balaban J connectivity index is 0.000000371. The molecular weight excluding hydrogens is 124 g/mol. The molecule has 0 aromatic carbocycles. The van der Waals surface area contributed by atoms with Gasteiger partial charge in [0.25, 0.3) is 0 Å². The second kappa shape index (κ2) is 5.72. The van der Waals surface area contributed by atoms with Crippen molar-refractivity contribution >= 4 is 0 Å². The van der Waals surface area contributed by atoms with Crippen LogP contribution in [0.5, 0.6) is 0 Å². The zero-order valence-electron chi connectivity index (χ0n) is 7.68. The summed E-state index contributed by atoms with van der Waals surface area (Å²) in [6.45, 7) is 9.39. The van der Waals surface area contributed by atoms with Crippen LogP contribution in [0.2, 0.25) is 0 Å². The molecule has 1 rings (SSSR count). The summed E-state index contributed by atoms with van der Waals surface area (Å²) in [5.74, 6) is 0.781. The molecule has 0 aromatic rings. The van der Waals surface area contributed by atoms with Gasteiger partial charge in [-0.05, 0) is 25.7 Å². The fourth-order valence-electron chi connectivity index (χ4n) is 1.07. The van der Waals surface area contributed by atoms with E-state index in [9.17, 15) is 0 Å². The largest absolute Gasteiger partial charge is 0.378 e. The Hall–Kier alpha value is -0.0400. The van der Waals surface area contributed by atoms with Crippen molar-refractivity contribution in [2.75, 3.05) is 6.61 Å². The third kappa shape index (κ3) is 3.21. The van der Waals surface area contributed by atoms with Gasteiger partial charge in [-0.15, -0.1) is 0 Å². The summed E-state index contributed by atoms with van der Waals surface area (Å²) in [4.78, 5) is 0. The van der Waals surface area contributed by atoms with E-state index in [-0.39, 0.29) is 0 Å². The Morgan fingerprint density at radius 3 is 2.10 bits per heavy atom. The Morgan fingerprint density at radius 1 is 1.20 bits per heavy atom. The first-order valence-corrected chi connectivity index (χ1v) is 4.42. The van der Waals surface area contributed by atoms with Gasteiger partial charge in [0.2, 0.25) is 0 Å². The molecule has 0 amide bonds. The van der Waals surface area contributed by atoms with Crippen LogP contribution in [0.3, 0.4) is 0 Å². The van der Waals surface area contributed by atoms with Crippen molar-refractivity contribution in [1.29, 1.82) is 0 Å². The molecule has 2 atom stereocenters. The first-order valence-electron chi connectivity index (χ1n) is 4.42. The maximum absolute atomic E-state index is 5.39. The van der Waals surface area contributed by atoms with E-state index in [1.807, 2.05) is 13.8 Å². The monoisotopic (exact) mass is 144 g/mol. The number of rotatable bonds is 0. The van der Waals surface area contributed by atoms with Crippen LogP contribution >= 0.6 is 0 Å². The smallest absolute Gasteiger partial charge is 0.0572 e. The second-order valence-electron chi connectivity index (χ2n) is 2.70. The van der Waals surface area contributed by atoms with E-state index in [1.54, 1.807) is 0 Å². The highest BCUT2D eigenvalue weighted by Crippen LogP contribution is 2.18. The molecule has 10 heavy (non-hydrogen) atoms. The molecule has 0 N–H and O–H groups in total. The molecule has 0 radical (unpaired) electrons. The molecule has 1 aliphatic rings. The van der Waals surface area contributed by atoms with E-state index < -0.39 is 0 Å². The fraction of sp³-hybridized carbons (Fsp3) is 1.00. The summed E-state index contributed by atoms with van der Waals surface area (Å²) in [6, 6.07) is 0. The normalized spacial score (nSPS) is 32.4. The van der Waals surface area contributed by atoms with Gasteiger partial charge in [0.05, 0.1) is 6.10 Å². The van der Waals surface area contributed by atoms with Crippen LogP contribution in [0.1, 0.15) is 40.5 Å². The van der Waals surface area contributed by atoms with Crippen LogP contribution in [-0.4, -0.2) is 12.7 Å². The highest BCUT2D eigenvalue weighted by atomic mass is 16.5. The minimum absolute atomic E-state index is 0.503. The third-order valence-electron chi connectivity index (χ3n) is 1.99. The van der Waals surface area contributed by atoms with Crippen molar-refractivity contribution in [3.63, 3.8) is 0 Å². The Morgan fingerprint density at radius 2 is 1.80 bits per heavy atom. The molecule has 0 bridgehead atoms. The van der Waals surface area contributed by atoms with Crippen LogP contribution in [0.25, 0.3) is 0 Å². The predicted molar refractivity (Wildman–Crippen MR) is 45.2 cm³/mol. The Bertz CT molecular complexity index is 61.1. The molecular formula is C9H20O. The van der Waals surface area contributed by atoms with Crippen LogP contribution in [-0.2, 0) is 4.74 Å². The molecule has 1 unspecified atom stereocenters. The quantitative estimate of drug-likeness (QED) is 0.508. The molecule has 0 aliphatic carbocycles. The summed E-state index contributed by atoms with van der Waals surface area (Å²) in [6.07, 6.45) is 3.11. The van der Waals surface area contributed by atoms with Crippen molar-refractivity contribution in [2.45, 2.75) is 46.6 Å². The van der Waals surface area contributed by atoms with Crippen molar-refractivity contribution in [3.05, 3.63) is 0 Å². The minimum Gasteiger partial charge on any atom is -0.378 e. The summed E-state index contributed by atoms with van der Waals surface area (Å²) in [7, 11) is 0. The highest BCUT2D eigenvalue weighted by Gasteiger charge is 2.16. The van der Waals surface area contributed by atoms with Gasteiger partial charge in [0.1, 0.15) is 0 Å². The van der Waals surface area contributed by atoms with Gasteiger partial charge in [-0.3, -0.25) is 0 Å². The van der Waals surface area contributed by atoms with E-state index in [1.165, 1.54) is 12.8 Å². The lowest BCUT2D eigenvalue weighted by molar-refractivity contribution is -0.00789. The summed E-state index contributed by atoms with van der Waals surface area (Å²) in [5, 5.41) is 0. The lowest BCUT2D eigenvalue weighted by Gasteiger charge is -2.25. The van der Waals surface area contributed by atoms with Crippen LogP contribution in [0.4, 0.5) is 0 Å². The van der Waals surface area contributed by atoms with Crippen molar-refractivity contribution < 1.29 is 4.74 Å². The van der Waals surface area contributed by atoms with Gasteiger partial charge < -0.3 is 4.74 Å². The van der Waals surface area contributed by atoms with E-state index in [0.717, 1.165) is 12.5 Å². The average molecular weight is 144 g/mol. The first-order chi connectivity index (χ1) is 4.80. The molecule has 0 spiro atoms. The lowest BCUT2D eigenvalue weighted by atomic mass is 9.98. The zero-order chi connectivity index (χ0) is 7.98. The number of ether oxygens (including phenoxy) is 1. The van der Waals surface area contributed by atoms with Gasteiger partial charge in [-0.2, -0.15) is 0 Å². The highest BCUT2D eigenvalue weighted by molar-refractivity contribution is 4.65. The molecule has 1 saturated heterocycles. The summed E-state index contributed by atoms with van der Waals surface area (Å²) >= 11 is 0. The number of hydrogen-bond donors (Lipinski definition) is 0. The fourth-order valence-corrected chi connectivity index (χ4v) is 1.07. The van der Waals surface area contributed by atoms with Crippen molar-refractivity contribution in [2.24, 2.45) is 5.92 Å². The average Bonchev–Trinajstić information content (AvgIpc) is 2.00. The third-order valence-corrected chi connectivity index (χ3v) is 1.99. The molecule has 1 aliphatic heterocycles. The topological polar surface area (TPSA) is 9.23 Å². The van der Waals surface area contributed by atoms with Gasteiger partial charge in [0.15, 0.2) is 0 Å². The van der Waals surface area contributed by atoms with Gasteiger partial charge in [-0.1, -0.05) is 20.8 Å². The molecule has 1 nitrogen and oxygen atoms in total. The van der Waals surface area contributed by atoms with E-state index >= 15 is 0 Å². The van der Waals surface area contributed by atoms with Crippen molar-refractivity contribution in [3.8, 4) is 0 Å². The van der Waals surface area contributed by atoms with E-state index in [2.05, 4.69) is 13.8 Å². The lowest BCUT2D eigenvalue weighted by Crippen LogP contribution is -2.23. The summed E-state index contributed by atoms with van der Waals surface area (Å²) in [5.41, 5.74) is 0. The van der Waals surface area contributed by atoms with Gasteiger partial charge in [-0.25, -0.2) is 0 Å². The molecule has 0 saturated carbocycles.